The number of ketones is 1. The SMILES string of the molecule is CCOc1ccc2oc(-c3ccccc3)c(C(=O)Oc3ccc4c(c3)O/C(=C\c3c(Cl)cccc3Cl)C4=O)c2c1. The Morgan fingerprint density at radius 3 is 2.40 bits per heavy atom. The number of Topliss-reactive ketones (excluding diaryl/α,β-unsaturated/α-hetero) is 1. The first-order valence-electron chi connectivity index (χ1n) is 12.4. The zero-order valence-electron chi connectivity index (χ0n) is 21.1. The topological polar surface area (TPSA) is 75.0 Å². The van der Waals surface area contributed by atoms with Crippen molar-refractivity contribution in [2.75, 3.05) is 6.61 Å². The molecule has 1 aliphatic rings. The van der Waals surface area contributed by atoms with Gasteiger partial charge in [-0.1, -0.05) is 59.6 Å². The Hall–Kier alpha value is -4.52. The van der Waals surface area contributed by atoms with Crippen molar-refractivity contribution >= 4 is 52.0 Å². The molecule has 0 saturated heterocycles. The molecule has 1 aromatic heterocycles. The fourth-order valence-corrected chi connectivity index (χ4v) is 5.00. The van der Waals surface area contributed by atoms with Gasteiger partial charge in [-0.05, 0) is 55.5 Å². The molecule has 0 saturated carbocycles. The first-order valence-corrected chi connectivity index (χ1v) is 13.2. The molecule has 198 valence electrons. The lowest BCUT2D eigenvalue weighted by molar-refractivity contribution is 0.0736. The molecular formula is C32H20Cl2O6. The van der Waals surface area contributed by atoms with Gasteiger partial charge in [0.1, 0.15) is 34.2 Å². The molecule has 0 aliphatic carbocycles. The van der Waals surface area contributed by atoms with E-state index in [-0.39, 0.29) is 28.6 Å². The number of carbonyl (C=O) groups excluding carboxylic acids is 2. The number of halogens is 2. The van der Waals surface area contributed by atoms with Gasteiger partial charge in [-0.2, -0.15) is 0 Å². The molecule has 40 heavy (non-hydrogen) atoms. The summed E-state index contributed by atoms with van der Waals surface area (Å²) in [7, 11) is 0. The Kier molecular flexibility index (Phi) is 6.80. The maximum Gasteiger partial charge on any atom is 0.348 e. The monoisotopic (exact) mass is 570 g/mol. The number of fused-ring (bicyclic) bond motifs is 2. The zero-order valence-corrected chi connectivity index (χ0v) is 22.6. The quantitative estimate of drug-likeness (QED) is 0.115. The lowest BCUT2D eigenvalue weighted by Gasteiger charge is -2.07. The highest BCUT2D eigenvalue weighted by Gasteiger charge is 2.30. The lowest BCUT2D eigenvalue weighted by atomic mass is 10.1. The van der Waals surface area contributed by atoms with Gasteiger partial charge in [0, 0.05) is 32.6 Å². The number of rotatable bonds is 6. The van der Waals surface area contributed by atoms with Crippen molar-refractivity contribution in [1.82, 2.24) is 0 Å². The maximum absolute atomic E-state index is 13.6. The van der Waals surface area contributed by atoms with E-state index in [0.717, 1.165) is 5.56 Å². The third-order valence-electron chi connectivity index (χ3n) is 6.34. The van der Waals surface area contributed by atoms with Crippen LogP contribution in [0.4, 0.5) is 0 Å². The number of hydrogen-bond donors (Lipinski definition) is 0. The van der Waals surface area contributed by atoms with Crippen LogP contribution in [0.25, 0.3) is 28.4 Å². The molecule has 2 heterocycles. The Morgan fingerprint density at radius 2 is 1.65 bits per heavy atom. The van der Waals surface area contributed by atoms with E-state index < -0.39 is 5.97 Å². The molecule has 0 radical (unpaired) electrons. The molecule has 0 fully saturated rings. The van der Waals surface area contributed by atoms with E-state index in [1.54, 1.807) is 48.5 Å². The van der Waals surface area contributed by atoms with Gasteiger partial charge in [0.05, 0.1) is 12.2 Å². The van der Waals surface area contributed by atoms with Gasteiger partial charge in [0.15, 0.2) is 5.76 Å². The van der Waals surface area contributed by atoms with Gasteiger partial charge in [-0.15, -0.1) is 0 Å². The van der Waals surface area contributed by atoms with Crippen molar-refractivity contribution in [3.8, 4) is 28.6 Å². The van der Waals surface area contributed by atoms with Crippen LogP contribution in [0.1, 0.15) is 33.2 Å². The number of ether oxygens (including phenoxy) is 3. The van der Waals surface area contributed by atoms with Crippen LogP contribution in [-0.2, 0) is 0 Å². The molecule has 0 unspecified atom stereocenters. The number of allylic oxidation sites excluding steroid dienone is 1. The minimum absolute atomic E-state index is 0.0594. The predicted octanol–water partition coefficient (Wildman–Crippen LogP) is 8.64. The molecule has 8 heteroatoms. The first kappa shape index (κ1) is 25.7. The first-order chi connectivity index (χ1) is 19.4. The van der Waals surface area contributed by atoms with Crippen LogP contribution in [0.3, 0.4) is 0 Å². The summed E-state index contributed by atoms with van der Waals surface area (Å²) in [6.07, 6.45) is 1.50. The largest absolute Gasteiger partial charge is 0.494 e. The molecule has 0 N–H and O–H groups in total. The molecule has 1 aliphatic heterocycles. The van der Waals surface area contributed by atoms with Crippen LogP contribution in [0, 0.1) is 0 Å². The van der Waals surface area contributed by atoms with Gasteiger partial charge in [-0.25, -0.2) is 4.79 Å². The summed E-state index contributed by atoms with van der Waals surface area (Å²) in [6.45, 7) is 2.36. The fraction of sp³-hybridized carbons (Fsp3) is 0.0625. The van der Waals surface area contributed by atoms with E-state index in [2.05, 4.69) is 0 Å². The maximum atomic E-state index is 13.6. The van der Waals surface area contributed by atoms with Crippen molar-refractivity contribution in [2.45, 2.75) is 6.92 Å². The van der Waals surface area contributed by atoms with E-state index >= 15 is 0 Å². The highest BCUT2D eigenvalue weighted by atomic mass is 35.5. The highest BCUT2D eigenvalue weighted by Crippen LogP contribution is 2.39. The summed E-state index contributed by atoms with van der Waals surface area (Å²) >= 11 is 12.5. The average molecular weight is 571 g/mol. The van der Waals surface area contributed by atoms with Crippen molar-refractivity contribution in [2.24, 2.45) is 0 Å². The van der Waals surface area contributed by atoms with E-state index in [1.807, 2.05) is 37.3 Å². The summed E-state index contributed by atoms with van der Waals surface area (Å²) in [6, 6.07) is 24.3. The molecule has 6 nitrogen and oxygen atoms in total. The second-order valence-electron chi connectivity index (χ2n) is 8.89. The number of furan rings is 1. The van der Waals surface area contributed by atoms with Crippen LogP contribution >= 0.6 is 23.2 Å². The summed E-state index contributed by atoms with van der Waals surface area (Å²) < 4.78 is 23.4. The van der Waals surface area contributed by atoms with Crippen molar-refractivity contribution in [1.29, 1.82) is 0 Å². The lowest BCUT2D eigenvalue weighted by Crippen LogP contribution is -2.09. The summed E-state index contributed by atoms with van der Waals surface area (Å²) in [5.41, 5.74) is 2.30. The van der Waals surface area contributed by atoms with Crippen LogP contribution < -0.4 is 14.2 Å². The Morgan fingerprint density at radius 1 is 0.900 bits per heavy atom. The Labute approximate surface area is 239 Å². The third kappa shape index (κ3) is 4.72. The Balaban J connectivity index is 1.34. The normalized spacial score (nSPS) is 13.4. The van der Waals surface area contributed by atoms with E-state index in [0.29, 0.717) is 50.3 Å². The molecule has 5 aromatic rings. The van der Waals surface area contributed by atoms with Gasteiger partial charge in [0.2, 0.25) is 5.78 Å². The number of esters is 1. The van der Waals surface area contributed by atoms with Gasteiger partial charge >= 0.3 is 5.97 Å². The third-order valence-corrected chi connectivity index (χ3v) is 7.00. The molecule has 0 amide bonds. The number of hydrogen-bond acceptors (Lipinski definition) is 6. The molecule has 4 aromatic carbocycles. The molecule has 0 bridgehead atoms. The molecule has 6 rings (SSSR count). The number of carbonyl (C=O) groups is 2. The van der Waals surface area contributed by atoms with Gasteiger partial charge in [0.25, 0.3) is 0 Å². The van der Waals surface area contributed by atoms with E-state index in [9.17, 15) is 9.59 Å². The summed E-state index contributed by atoms with van der Waals surface area (Å²) in [4.78, 5) is 26.6. The van der Waals surface area contributed by atoms with Crippen molar-refractivity contribution in [3.63, 3.8) is 0 Å². The smallest absolute Gasteiger partial charge is 0.348 e. The van der Waals surface area contributed by atoms with E-state index in [1.165, 1.54) is 12.1 Å². The fourth-order valence-electron chi connectivity index (χ4n) is 4.50. The standard InChI is InChI=1S/C32H20Cl2O6/c1-2-37-19-12-14-26-23(15-19)29(31(40-26)18-7-4-3-5-8-18)32(36)38-20-11-13-21-27(16-20)39-28(30(21)35)17-22-24(33)9-6-10-25(22)34/h3-17H,2H2,1H3/b28-17-. The van der Waals surface area contributed by atoms with Gasteiger partial charge < -0.3 is 18.6 Å². The average Bonchev–Trinajstić information content (AvgIpc) is 3.48. The van der Waals surface area contributed by atoms with Crippen LogP contribution in [0.5, 0.6) is 17.2 Å². The van der Waals surface area contributed by atoms with Crippen LogP contribution in [0.2, 0.25) is 10.0 Å². The molecule has 0 atom stereocenters. The summed E-state index contributed by atoms with van der Waals surface area (Å²) in [5, 5.41) is 1.33. The minimum atomic E-state index is -0.630. The number of benzene rings is 4. The van der Waals surface area contributed by atoms with Crippen molar-refractivity contribution in [3.05, 3.63) is 117 Å². The zero-order chi connectivity index (χ0) is 27.8. The second-order valence-corrected chi connectivity index (χ2v) is 9.70. The molecule has 0 spiro atoms. The highest BCUT2D eigenvalue weighted by molar-refractivity contribution is 6.37. The Bertz CT molecular complexity index is 1800. The van der Waals surface area contributed by atoms with E-state index in [4.69, 9.17) is 41.8 Å². The van der Waals surface area contributed by atoms with Crippen molar-refractivity contribution < 1.29 is 28.2 Å². The molecular weight excluding hydrogens is 551 g/mol. The van der Waals surface area contributed by atoms with Crippen LogP contribution in [0.15, 0.2) is 95.1 Å². The van der Waals surface area contributed by atoms with Crippen LogP contribution in [-0.4, -0.2) is 18.4 Å². The van der Waals surface area contributed by atoms with Gasteiger partial charge in [-0.3, -0.25) is 4.79 Å². The summed E-state index contributed by atoms with van der Waals surface area (Å²) in [5.74, 6) is 0.528. The minimum Gasteiger partial charge on any atom is -0.494 e. The second kappa shape index (κ2) is 10.6. The predicted molar refractivity (Wildman–Crippen MR) is 154 cm³/mol.